The van der Waals surface area contributed by atoms with Crippen molar-refractivity contribution in [2.24, 2.45) is 5.14 Å². The van der Waals surface area contributed by atoms with Gasteiger partial charge in [-0.15, -0.1) is 0 Å². The lowest BCUT2D eigenvalue weighted by Gasteiger charge is -2.02. The number of carbonyl (C=O) groups excluding carboxylic acids is 1. The molecule has 0 aromatic carbocycles. The Morgan fingerprint density at radius 3 is 2.62 bits per heavy atom. The van der Waals surface area contributed by atoms with Crippen LogP contribution in [0.15, 0.2) is 11.1 Å². The molecule has 0 radical (unpaired) electrons. The zero-order chi connectivity index (χ0) is 12.3. The molecule has 16 heavy (non-hydrogen) atoms. The van der Waals surface area contributed by atoms with Gasteiger partial charge in [-0.05, 0) is 13.8 Å². The highest BCUT2D eigenvalue weighted by molar-refractivity contribution is 7.89. The number of hydrogen-bond donors (Lipinski definition) is 1. The van der Waals surface area contributed by atoms with Gasteiger partial charge >= 0.3 is 5.97 Å². The average Bonchev–Trinajstić information content (AvgIpc) is 2.61. The maximum Gasteiger partial charge on any atom is 0.356 e. The van der Waals surface area contributed by atoms with Crippen molar-refractivity contribution < 1.29 is 17.9 Å². The van der Waals surface area contributed by atoms with Crippen LogP contribution in [0.5, 0.6) is 0 Å². The van der Waals surface area contributed by atoms with E-state index >= 15 is 0 Å². The highest BCUT2D eigenvalue weighted by atomic mass is 32.2. The third-order valence-corrected chi connectivity index (χ3v) is 2.62. The number of aromatic nitrogens is 2. The van der Waals surface area contributed by atoms with Crippen molar-refractivity contribution in [3.05, 3.63) is 11.8 Å². The summed E-state index contributed by atoms with van der Waals surface area (Å²) in [5.41, 5.74) is 0.0772. The van der Waals surface area contributed by atoms with Gasteiger partial charge in [-0.25, -0.2) is 18.4 Å². The van der Waals surface area contributed by atoms with E-state index in [2.05, 4.69) is 5.10 Å². The molecule has 1 aromatic heterocycles. The Hall–Kier alpha value is -1.41. The van der Waals surface area contributed by atoms with Crippen molar-refractivity contribution in [1.82, 2.24) is 9.78 Å². The molecule has 0 amide bonds. The van der Waals surface area contributed by atoms with E-state index in [1.807, 2.05) is 0 Å². The lowest BCUT2D eigenvalue weighted by molar-refractivity contribution is 0.0512. The molecule has 90 valence electrons. The Morgan fingerprint density at radius 2 is 2.19 bits per heavy atom. The molecule has 1 rings (SSSR count). The monoisotopic (exact) mass is 247 g/mol. The molecule has 8 heteroatoms. The molecule has 1 aromatic rings. The van der Waals surface area contributed by atoms with E-state index in [0.29, 0.717) is 6.54 Å². The fourth-order valence-corrected chi connectivity index (χ4v) is 1.63. The molecule has 0 atom stereocenters. The Labute approximate surface area is 93.2 Å². The summed E-state index contributed by atoms with van der Waals surface area (Å²) in [6, 6.07) is 1.11. The number of rotatable bonds is 4. The Kier molecular flexibility index (Phi) is 3.66. The smallest absolute Gasteiger partial charge is 0.356 e. The van der Waals surface area contributed by atoms with Crippen molar-refractivity contribution in [2.75, 3.05) is 6.61 Å². The van der Waals surface area contributed by atoms with E-state index in [9.17, 15) is 13.2 Å². The van der Waals surface area contributed by atoms with Gasteiger partial charge in [0.05, 0.1) is 6.61 Å². The second-order valence-corrected chi connectivity index (χ2v) is 4.46. The van der Waals surface area contributed by atoms with Crippen molar-refractivity contribution in [1.29, 1.82) is 0 Å². The van der Waals surface area contributed by atoms with E-state index in [0.717, 1.165) is 6.07 Å². The lowest BCUT2D eigenvalue weighted by atomic mass is 10.4. The number of hydrogen-bond acceptors (Lipinski definition) is 5. The summed E-state index contributed by atoms with van der Waals surface area (Å²) in [4.78, 5) is 11.4. The molecule has 0 bridgehead atoms. The fourth-order valence-electron chi connectivity index (χ4n) is 1.14. The summed E-state index contributed by atoms with van der Waals surface area (Å²) < 4.78 is 28.1. The molecule has 0 unspecified atom stereocenters. The van der Waals surface area contributed by atoms with Gasteiger partial charge in [0, 0.05) is 12.6 Å². The predicted octanol–water partition coefficient (Wildman–Crippen LogP) is -0.273. The molecule has 2 N–H and O–H groups in total. The molecule has 0 saturated heterocycles. The standard InChI is InChI=1S/C8H13N3O4S/c1-3-11-6(8(12)15-4-2)5-7(10-11)16(9,13)14/h5H,3-4H2,1-2H3,(H2,9,13,14). The molecule has 1 heterocycles. The Morgan fingerprint density at radius 1 is 1.56 bits per heavy atom. The molecule has 0 fully saturated rings. The normalized spacial score (nSPS) is 11.4. The third kappa shape index (κ3) is 2.58. The van der Waals surface area contributed by atoms with Crippen LogP contribution in [-0.2, 0) is 21.3 Å². The maximum absolute atomic E-state index is 11.4. The van der Waals surface area contributed by atoms with Crippen LogP contribution in [0.4, 0.5) is 0 Å². The minimum absolute atomic E-state index is 0.0772. The van der Waals surface area contributed by atoms with Crippen molar-refractivity contribution in [2.45, 2.75) is 25.4 Å². The quantitative estimate of drug-likeness (QED) is 0.737. The van der Waals surface area contributed by atoms with Gasteiger partial charge in [-0.2, -0.15) is 5.10 Å². The predicted molar refractivity (Wildman–Crippen MR) is 55.2 cm³/mol. The molecule has 0 aliphatic heterocycles. The third-order valence-electron chi connectivity index (χ3n) is 1.83. The van der Waals surface area contributed by atoms with Gasteiger partial charge in [-0.3, -0.25) is 4.68 Å². The first-order valence-corrected chi connectivity index (χ1v) is 6.22. The number of nitrogens with two attached hydrogens (primary N) is 1. The van der Waals surface area contributed by atoms with Gasteiger partial charge < -0.3 is 4.74 Å². The molecule has 7 nitrogen and oxygen atoms in total. The molecule has 0 saturated carbocycles. The molecule has 0 spiro atoms. The summed E-state index contributed by atoms with van der Waals surface area (Å²) in [6.45, 7) is 3.94. The van der Waals surface area contributed by atoms with Gasteiger partial charge in [0.15, 0.2) is 5.03 Å². The molecular weight excluding hydrogens is 234 g/mol. The van der Waals surface area contributed by atoms with Crippen LogP contribution in [0.1, 0.15) is 24.3 Å². The summed E-state index contributed by atoms with van der Waals surface area (Å²) in [6.07, 6.45) is 0. The first kappa shape index (κ1) is 12.7. The van der Waals surface area contributed by atoms with E-state index in [4.69, 9.17) is 9.88 Å². The van der Waals surface area contributed by atoms with Crippen LogP contribution < -0.4 is 5.14 Å². The van der Waals surface area contributed by atoms with Gasteiger partial charge in [0.2, 0.25) is 0 Å². The number of aryl methyl sites for hydroxylation is 1. The zero-order valence-electron chi connectivity index (χ0n) is 9.00. The van der Waals surface area contributed by atoms with Crippen LogP contribution in [0.2, 0.25) is 0 Å². The summed E-state index contributed by atoms with van der Waals surface area (Å²) in [5, 5.41) is 8.28. The van der Waals surface area contributed by atoms with Crippen LogP contribution in [0.3, 0.4) is 0 Å². The van der Waals surface area contributed by atoms with E-state index in [1.165, 1.54) is 4.68 Å². The molecule has 0 aliphatic rings. The highest BCUT2D eigenvalue weighted by Crippen LogP contribution is 2.10. The largest absolute Gasteiger partial charge is 0.461 e. The zero-order valence-corrected chi connectivity index (χ0v) is 9.82. The number of primary sulfonamides is 1. The topological polar surface area (TPSA) is 104 Å². The van der Waals surface area contributed by atoms with Crippen LogP contribution in [0.25, 0.3) is 0 Å². The van der Waals surface area contributed by atoms with E-state index < -0.39 is 16.0 Å². The van der Waals surface area contributed by atoms with Gasteiger partial charge in [0.25, 0.3) is 10.0 Å². The lowest BCUT2D eigenvalue weighted by Crippen LogP contribution is -2.14. The number of esters is 1. The summed E-state index contributed by atoms with van der Waals surface area (Å²) in [5.74, 6) is -0.619. The highest BCUT2D eigenvalue weighted by Gasteiger charge is 2.20. The van der Waals surface area contributed by atoms with Crippen LogP contribution >= 0.6 is 0 Å². The van der Waals surface area contributed by atoms with Crippen LogP contribution in [-0.4, -0.2) is 30.8 Å². The number of sulfonamides is 1. The van der Waals surface area contributed by atoms with Crippen molar-refractivity contribution >= 4 is 16.0 Å². The molecular formula is C8H13N3O4S. The van der Waals surface area contributed by atoms with Crippen molar-refractivity contribution in [3.63, 3.8) is 0 Å². The van der Waals surface area contributed by atoms with Crippen molar-refractivity contribution in [3.8, 4) is 0 Å². The summed E-state index contributed by atoms with van der Waals surface area (Å²) in [7, 11) is -3.90. The minimum Gasteiger partial charge on any atom is -0.461 e. The maximum atomic E-state index is 11.4. The summed E-state index contributed by atoms with van der Waals surface area (Å²) >= 11 is 0. The van der Waals surface area contributed by atoms with Gasteiger partial charge in [-0.1, -0.05) is 0 Å². The minimum atomic E-state index is -3.90. The van der Waals surface area contributed by atoms with E-state index in [1.54, 1.807) is 13.8 Å². The number of ether oxygens (including phenoxy) is 1. The van der Waals surface area contributed by atoms with Gasteiger partial charge in [0.1, 0.15) is 5.69 Å². The molecule has 0 aliphatic carbocycles. The second-order valence-electron chi connectivity index (χ2n) is 2.95. The average molecular weight is 247 g/mol. The van der Waals surface area contributed by atoms with Crippen LogP contribution in [0, 0.1) is 0 Å². The number of carbonyl (C=O) groups is 1. The Bertz CT molecular complexity index is 491. The number of nitrogens with zero attached hydrogens (tertiary/aromatic N) is 2. The van der Waals surface area contributed by atoms with E-state index in [-0.39, 0.29) is 17.3 Å². The Balaban J connectivity index is 3.19. The SMILES string of the molecule is CCOC(=O)c1cc(S(N)(=O)=O)nn1CC. The second kappa shape index (κ2) is 4.62. The fraction of sp³-hybridized carbons (Fsp3) is 0.500. The first-order chi connectivity index (χ1) is 7.40. The first-order valence-electron chi connectivity index (χ1n) is 4.68.